The number of alkyl carbamates (subject to hydrolysis) is 1. The van der Waals surface area contributed by atoms with Gasteiger partial charge in [0.2, 0.25) is 0 Å². The van der Waals surface area contributed by atoms with Gasteiger partial charge in [-0.15, -0.1) is 0 Å². The highest BCUT2D eigenvalue weighted by Crippen LogP contribution is 2.21. The molecular formula is C18H27FN2O2. The molecule has 0 aromatic heterocycles. The highest BCUT2D eigenvalue weighted by molar-refractivity contribution is 5.67. The molecule has 0 radical (unpaired) electrons. The molecule has 1 aliphatic heterocycles. The van der Waals surface area contributed by atoms with Gasteiger partial charge in [0.1, 0.15) is 11.4 Å². The standard InChI is InChI=1S/C18H27FN2O2/c1-18(2,3)23-17(22)20-10-4-5-11-21-12-9-14-7-6-8-16(19)15(14)13-21/h6-8H,4-5,9-13H2,1-3H3,(H,20,22). The minimum Gasteiger partial charge on any atom is -0.444 e. The average Bonchev–Trinajstić information content (AvgIpc) is 2.46. The van der Waals surface area contributed by atoms with Crippen molar-refractivity contribution in [1.29, 1.82) is 0 Å². The van der Waals surface area contributed by atoms with Crippen molar-refractivity contribution in [3.63, 3.8) is 0 Å². The number of ether oxygens (including phenoxy) is 1. The van der Waals surface area contributed by atoms with E-state index in [9.17, 15) is 9.18 Å². The van der Waals surface area contributed by atoms with Gasteiger partial charge in [-0.1, -0.05) is 12.1 Å². The zero-order valence-corrected chi connectivity index (χ0v) is 14.3. The number of amides is 1. The summed E-state index contributed by atoms with van der Waals surface area (Å²) in [5.41, 5.74) is 1.51. The number of benzene rings is 1. The summed E-state index contributed by atoms with van der Waals surface area (Å²) in [6.45, 7) is 8.72. The number of hydrogen-bond donors (Lipinski definition) is 1. The lowest BCUT2D eigenvalue weighted by Crippen LogP contribution is -2.34. The smallest absolute Gasteiger partial charge is 0.407 e. The number of rotatable bonds is 5. The maximum Gasteiger partial charge on any atom is 0.407 e. The number of unbranched alkanes of at least 4 members (excludes halogenated alkanes) is 1. The van der Waals surface area contributed by atoms with Crippen molar-refractivity contribution >= 4 is 6.09 Å². The molecule has 128 valence electrons. The topological polar surface area (TPSA) is 41.6 Å². The predicted molar refractivity (Wildman–Crippen MR) is 88.9 cm³/mol. The molecule has 0 saturated heterocycles. The lowest BCUT2D eigenvalue weighted by Gasteiger charge is -2.29. The molecule has 0 bridgehead atoms. The van der Waals surface area contributed by atoms with Gasteiger partial charge in [0.05, 0.1) is 0 Å². The summed E-state index contributed by atoms with van der Waals surface area (Å²) >= 11 is 0. The molecule has 0 spiro atoms. The molecule has 0 atom stereocenters. The Morgan fingerprint density at radius 1 is 1.35 bits per heavy atom. The van der Waals surface area contributed by atoms with Crippen LogP contribution >= 0.6 is 0 Å². The zero-order valence-electron chi connectivity index (χ0n) is 14.3. The van der Waals surface area contributed by atoms with Gasteiger partial charge in [0.15, 0.2) is 0 Å². The third-order valence-electron chi connectivity index (χ3n) is 3.86. The van der Waals surface area contributed by atoms with Crippen LogP contribution in [0.4, 0.5) is 9.18 Å². The van der Waals surface area contributed by atoms with E-state index in [1.807, 2.05) is 26.8 Å². The van der Waals surface area contributed by atoms with Crippen LogP contribution in [-0.4, -0.2) is 36.2 Å². The van der Waals surface area contributed by atoms with Crippen LogP contribution in [0.25, 0.3) is 0 Å². The molecule has 0 fully saturated rings. The minimum atomic E-state index is -0.463. The molecule has 5 heteroatoms. The van der Waals surface area contributed by atoms with Crippen molar-refractivity contribution < 1.29 is 13.9 Å². The average molecular weight is 322 g/mol. The summed E-state index contributed by atoms with van der Waals surface area (Å²) in [5.74, 6) is -0.0983. The first-order chi connectivity index (χ1) is 10.8. The minimum absolute atomic E-state index is 0.0983. The van der Waals surface area contributed by atoms with Gasteiger partial charge in [-0.2, -0.15) is 0 Å². The summed E-state index contributed by atoms with van der Waals surface area (Å²) in [6.07, 6.45) is 2.40. The Labute approximate surface area is 138 Å². The van der Waals surface area contributed by atoms with E-state index in [0.29, 0.717) is 13.1 Å². The van der Waals surface area contributed by atoms with Crippen LogP contribution in [-0.2, 0) is 17.7 Å². The second-order valence-electron chi connectivity index (χ2n) is 7.04. The molecule has 0 aliphatic carbocycles. The molecule has 1 heterocycles. The number of nitrogens with zero attached hydrogens (tertiary/aromatic N) is 1. The number of hydrogen-bond acceptors (Lipinski definition) is 3. The highest BCUT2D eigenvalue weighted by Gasteiger charge is 2.19. The highest BCUT2D eigenvalue weighted by atomic mass is 19.1. The Balaban J connectivity index is 1.64. The van der Waals surface area contributed by atoms with Gasteiger partial charge in [0.25, 0.3) is 0 Å². The molecule has 4 nitrogen and oxygen atoms in total. The molecular weight excluding hydrogens is 295 g/mol. The van der Waals surface area contributed by atoms with Crippen LogP contribution in [0, 0.1) is 5.82 Å². The van der Waals surface area contributed by atoms with E-state index in [2.05, 4.69) is 10.2 Å². The van der Waals surface area contributed by atoms with Crippen LogP contribution in [0.1, 0.15) is 44.7 Å². The second-order valence-corrected chi connectivity index (χ2v) is 7.04. The maximum absolute atomic E-state index is 13.8. The summed E-state index contributed by atoms with van der Waals surface area (Å²) < 4.78 is 19.0. The number of halogens is 1. The van der Waals surface area contributed by atoms with E-state index >= 15 is 0 Å². The number of fused-ring (bicyclic) bond motifs is 1. The van der Waals surface area contributed by atoms with Gasteiger partial charge in [0, 0.05) is 25.2 Å². The van der Waals surface area contributed by atoms with Crippen molar-refractivity contribution in [2.75, 3.05) is 19.6 Å². The predicted octanol–water partition coefficient (Wildman–Crippen LogP) is 3.49. The van der Waals surface area contributed by atoms with Crippen LogP contribution in [0.2, 0.25) is 0 Å². The Morgan fingerprint density at radius 3 is 2.87 bits per heavy atom. The lowest BCUT2D eigenvalue weighted by atomic mass is 9.99. The molecule has 23 heavy (non-hydrogen) atoms. The van der Waals surface area contributed by atoms with Crippen molar-refractivity contribution in [2.24, 2.45) is 0 Å². The molecule has 0 saturated carbocycles. The summed E-state index contributed by atoms with van der Waals surface area (Å²) in [5, 5.41) is 2.76. The van der Waals surface area contributed by atoms with Gasteiger partial charge >= 0.3 is 6.09 Å². The van der Waals surface area contributed by atoms with Crippen molar-refractivity contribution in [3.05, 3.63) is 35.1 Å². The molecule has 1 N–H and O–H groups in total. The third-order valence-corrected chi connectivity index (χ3v) is 3.86. The monoisotopic (exact) mass is 322 g/mol. The maximum atomic E-state index is 13.8. The van der Waals surface area contributed by atoms with E-state index in [0.717, 1.165) is 43.5 Å². The fraction of sp³-hybridized carbons (Fsp3) is 0.611. The molecule has 1 aliphatic rings. The zero-order chi connectivity index (χ0) is 16.9. The first-order valence-corrected chi connectivity index (χ1v) is 8.30. The van der Waals surface area contributed by atoms with E-state index in [-0.39, 0.29) is 11.9 Å². The third kappa shape index (κ3) is 5.82. The van der Waals surface area contributed by atoms with E-state index in [1.54, 1.807) is 6.07 Å². The van der Waals surface area contributed by atoms with E-state index in [1.165, 1.54) is 6.07 Å². The molecule has 2 rings (SSSR count). The Morgan fingerprint density at radius 2 is 2.13 bits per heavy atom. The summed E-state index contributed by atoms with van der Waals surface area (Å²) in [6, 6.07) is 5.33. The molecule has 0 unspecified atom stereocenters. The Bertz CT molecular complexity index is 540. The fourth-order valence-electron chi connectivity index (χ4n) is 2.75. The van der Waals surface area contributed by atoms with E-state index in [4.69, 9.17) is 4.74 Å². The second kappa shape index (κ2) is 7.77. The van der Waals surface area contributed by atoms with Crippen molar-refractivity contribution in [3.8, 4) is 0 Å². The lowest BCUT2D eigenvalue weighted by molar-refractivity contribution is 0.0526. The SMILES string of the molecule is CC(C)(C)OC(=O)NCCCCN1CCc2cccc(F)c2C1. The van der Waals surface area contributed by atoms with Gasteiger partial charge < -0.3 is 10.1 Å². The van der Waals surface area contributed by atoms with Crippen molar-refractivity contribution in [2.45, 2.75) is 52.2 Å². The van der Waals surface area contributed by atoms with Crippen LogP contribution in [0.15, 0.2) is 18.2 Å². The van der Waals surface area contributed by atoms with Crippen LogP contribution in [0.5, 0.6) is 0 Å². The normalized spacial score (nSPS) is 15.1. The molecule has 1 aromatic rings. The number of nitrogens with one attached hydrogen (secondary N) is 1. The van der Waals surface area contributed by atoms with E-state index < -0.39 is 5.60 Å². The van der Waals surface area contributed by atoms with Crippen LogP contribution < -0.4 is 5.32 Å². The number of carbonyl (C=O) groups excluding carboxylic acids is 1. The largest absolute Gasteiger partial charge is 0.444 e. The van der Waals surface area contributed by atoms with Gasteiger partial charge in [-0.05, 0) is 58.2 Å². The Hall–Kier alpha value is -1.62. The quantitative estimate of drug-likeness (QED) is 0.844. The number of carbonyl (C=O) groups is 1. The Kier molecular flexibility index (Phi) is 5.99. The van der Waals surface area contributed by atoms with Crippen molar-refractivity contribution in [1.82, 2.24) is 10.2 Å². The molecule has 1 amide bonds. The first kappa shape index (κ1) is 17.7. The first-order valence-electron chi connectivity index (χ1n) is 8.30. The van der Waals surface area contributed by atoms with Gasteiger partial charge in [-0.3, -0.25) is 4.90 Å². The summed E-state index contributed by atoms with van der Waals surface area (Å²) in [4.78, 5) is 13.8. The van der Waals surface area contributed by atoms with Gasteiger partial charge in [-0.25, -0.2) is 9.18 Å². The van der Waals surface area contributed by atoms with Crippen LogP contribution in [0.3, 0.4) is 0 Å². The summed E-state index contributed by atoms with van der Waals surface area (Å²) in [7, 11) is 0. The fourth-order valence-corrected chi connectivity index (χ4v) is 2.75. The molecule has 1 aromatic carbocycles.